The summed E-state index contributed by atoms with van der Waals surface area (Å²) in [6.45, 7) is -1.05. The molecule has 220 valence electrons. The molecule has 2 heterocycles. The van der Waals surface area contributed by atoms with Crippen molar-refractivity contribution in [2.75, 3.05) is 19.8 Å². The van der Waals surface area contributed by atoms with E-state index in [2.05, 4.69) is 10.6 Å². The van der Waals surface area contributed by atoms with Crippen LogP contribution in [0.5, 0.6) is 0 Å². The number of hydrogen-bond acceptors (Lipinski definition) is 5. The van der Waals surface area contributed by atoms with Gasteiger partial charge in [0.25, 0.3) is 11.8 Å². The van der Waals surface area contributed by atoms with Gasteiger partial charge in [0.15, 0.2) is 5.67 Å². The Morgan fingerprint density at radius 2 is 1.81 bits per heavy atom. The molecule has 2 aromatic carbocycles. The second-order valence-corrected chi connectivity index (χ2v) is 11.6. The molecule has 5 rings (SSSR count). The van der Waals surface area contributed by atoms with Crippen molar-refractivity contribution >= 4 is 34.9 Å². The van der Waals surface area contributed by atoms with Crippen LogP contribution in [0.2, 0.25) is 0 Å². The highest BCUT2D eigenvalue weighted by atomic mass is 32.1. The molecule has 42 heavy (non-hydrogen) atoms. The van der Waals surface area contributed by atoms with Crippen molar-refractivity contribution in [3.05, 3.63) is 81.0 Å². The van der Waals surface area contributed by atoms with Crippen molar-refractivity contribution in [1.29, 1.82) is 5.41 Å². The molecule has 2 aliphatic rings. The number of nitrogens with two attached hydrogens (primary N) is 1. The van der Waals surface area contributed by atoms with Gasteiger partial charge >= 0.3 is 0 Å². The van der Waals surface area contributed by atoms with E-state index in [1.807, 2.05) is 0 Å². The minimum atomic E-state index is -3.21. The molecule has 0 spiro atoms. The Hall–Kier alpha value is -4.26. The highest BCUT2D eigenvalue weighted by molar-refractivity contribution is 7.14. The van der Waals surface area contributed by atoms with Crippen LogP contribution in [0.3, 0.4) is 0 Å². The molecular formula is C29H27F4N5O3S. The number of nitrogens with zero attached hydrogens (tertiary/aromatic N) is 1. The van der Waals surface area contributed by atoms with Crippen LogP contribution in [0.1, 0.15) is 50.6 Å². The molecule has 5 N–H and O–H groups in total. The lowest BCUT2D eigenvalue weighted by Gasteiger charge is -2.25. The normalized spacial score (nSPS) is 20.9. The van der Waals surface area contributed by atoms with Crippen LogP contribution in [0, 0.1) is 5.41 Å². The van der Waals surface area contributed by atoms with Gasteiger partial charge in [-0.15, -0.1) is 11.3 Å². The number of nitrogens with one attached hydrogen (secondary N) is 3. The summed E-state index contributed by atoms with van der Waals surface area (Å²) in [5.74, 6) is -5.59. The number of hydrogen-bond donors (Lipinski definition) is 4. The SMILES string of the molecule is CC(NC(=O)[C@@H]1C[C@](F)(CF)CN1C(=O)CNC(=O)c1ccc2c(c1)-c1ccccc1C2(F)F)c1ccc(C(=N)N)s1. The Balaban J connectivity index is 1.27. The predicted octanol–water partition coefficient (Wildman–Crippen LogP) is 4.04. The lowest BCUT2D eigenvalue weighted by atomic mass is 10.0. The maximum atomic E-state index is 15.1. The van der Waals surface area contributed by atoms with Gasteiger partial charge in [-0.2, -0.15) is 8.78 Å². The minimum absolute atomic E-state index is 0.0306. The summed E-state index contributed by atoms with van der Waals surface area (Å²) in [6, 6.07) is 11.1. The Morgan fingerprint density at radius 1 is 1.10 bits per heavy atom. The Kier molecular flexibility index (Phi) is 7.56. The van der Waals surface area contributed by atoms with Crippen molar-refractivity contribution in [2.45, 2.75) is 37.0 Å². The number of alkyl halides is 4. The molecule has 1 aliphatic carbocycles. The second-order valence-electron chi connectivity index (χ2n) is 10.4. The summed E-state index contributed by atoms with van der Waals surface area (Å²) < 4.78 is 58.3. The lowest BCUT2D eigenvalue weighted by Crippen LogP contribution is -2.49. The van der Waals surface area contributed by atoms with E-state index in [0.717, 1.165) is 4.90 Å². The summed E-state index contributed by atoms with van der Waals surface area (Å²) in [7, 11) is 0. The van der Waals surface area contributed by atoms with E-state index in [1.165, 1.54) is 47.7 Å². The minimum Gasteiger partial charge on any atom is -0.383 e. The maximum absolute atomic E-state index is 15.1. The highest BCUT2D eigenvalue weighted by Gasteiger charge is 2.50. The van der Waals surface area contributed by atoms with Crippen LogP contribution in [-0.2, 0) is 15.5 Å². The number of benzene rings is 2. The molecule has 1 aliphatic heterocycles. The Morgan fingerprint density at radius 3 is 2.50 bits per heavy atom. The van der Waals surface area contributed by atoms with Gasteiger partial charge in [0, 0.05) is 28.0 Å². The number of carbonyl (C=O) groups is 3. The number of fused-ring (bicyclic) bond motifs is 3. The van der Waals surface area contributed by atoms with E-state index in [-0.39, 0.29) is 28.1 Å². The van der Waals surface area contributed by atoms with Crippen molar-refractivity contribution < 1.29 is 31.9 Å². The molecule has 1 unspecified atom stereocenters. The van der Waals surface area contributed by atoms with Crippen molar-refractivity contribution in [3.8, 4) is 11.1 Å². The first-order valence-corrected chi connectivity index (χ1v) is 13.9. The molecule has 1 aromatic heterocycles. The molecule has 1 saturated heterocycles. The summed E-state index contributed by atoms with van der Waals surface area (Å²) in [4.78, 5) is 41.1. The van der Waals surface area contributed by atoms with Gasteiger partial charge < -0.3 is 21.3 Å². The third-order valence-corrected chi connectivity index (χ3v) is 8.81. The van der Waals surface area contributed by atoms with E-state index < -0.39 is 67.6 Å². The molecule has 3 amide bonds. The Labute approximate surface area is 242 Å². The zero-order valence-corrected chi connectivity index (χ0v) is 23.2. The smallest absolute Gasteiger partial charge is 0.299 e. The molecule has 0 bridgehead atoms. The molecular weight excluding hydrogens is 574 g/mol. The van der Waals surface area contributed by atoms with Gasteiger partial charge in [0.2, 0.25) is 11.8 Å². The molecule has 0 saturated carbocycles. The second kappa shape index (κ2) is 10.9. The highest BCUT2D eigenvalue weighted by Crippen LogP contribution is 2.50. The number of rotatable bonds is 8. The number of amidine groups is 1. The molecule has 0 radical (unpaired) electrons. The van der Waals surface area contributed by atoms with Gasteiger partial charge in [-0.3, -0.25) is 19.8 Å². The van der Waals surface area contributed by atoms with Crippen molar-refractivity contribution in [3.63, 3.8) is 0 Å². The zero-order valence-electron chi connectivity index (χ0n) is 22.3. The number of halogens is 4. The molecule has 1 fully saturated rings. The first-order valence-electron chi connectivity index (χ1n) is 13.0. The average molecular weight is 602 g/mol. The quantitative estimate of drug-likeness (QED) is 0.177. The molecule has 3 atom stereocenters. The van der Waals surface area contributed by atoms with Crippen LogP contribution in [0.15, 0.2) is 54.6 Å². The van der Waals surface area contributed by atoms with Gasteiger partial charge in [0.1, 0.15) is 18.6 Å². The van der Waals surface area contributed by atoms with E-state index in [1.54, 1.807) is 25.1 Å². The number of likely N-dealkylation sites (tertiary alicyclic amines) is 1. The van der Waals surface area contributed by atoms with Crippen LogP contribution in [-0.4, -0.2) is 59.9 Å². The van der Waals surface area contributed by atoms with Crippen LogP contribution < -0.4 is 16.4 Å². The number of amides is 3. The van der Waals surface area contributed by atoms with Crippen LogP contribution in [0.4, 0.5) is 17.6 Å². The predicted molar refractivity (Wildman–Crippen MR) is 149 cm³/mol. The van der Waals surface area contributed by atoms with Gasteiger partial charge in [-0.25, -0.2) is 8.78 Å². The van der Waals surface area contributed by atoms with Gasteiger partial charge in [-0.1, -0.05) is 30.3 Å². The molecule has 8 nitrogen and oxygen atoms in total. The third-order valence-electron chi connectivity index (χ3n) is 7.51. The monoisotopic (exact) mass is 601 g/mol. The topological polar surface area (TPSA) is 128 Å². The standard InChI is InChI=1S/C29H27F4N5O3S/c1-15(22-8-9-23(42-22)25(34)35)37-27(41)21-11-28(31,13-30)14-38(21)24(39)12-36-26(40)16-6-7-20-18(10-16)17-4-2-3-5-19(17)29(20,32)33/h2-10,15,21H,11-14H2,1H3,(H3,34,35)(H,36,40)(H,37,41)/t15?,21-,28-/m0/s1. The lowest BCUT2D eigenvalue weighted by molar-refractivity contribution is -0.138. The van der Waals surface area contributed by atoms with E-state index >= 15 is 4.39 Å². The number of thiophene rings is 1. The average Bonchev–Trinajstić information content (AvgIpc) is 3.66. The number of carbonyl (C=O) groups excluding carboxylic acids is 3. The van der Waals surface area contributed by atoms with Gasteiger partial charge in [0.05, 0.1) is 24.0 Å². The van der Waals surface area contributed by atoms with Crippen molar-refractivity contribution in [2.24, 2.45) is 5.73 Å². The third kappa shape index (κ3) is 5.24. The fourth-order valence-electron chi connectivity index (χ4n) is 5.32. The maximum Gasteiger partial charge on any atom is 0.299 e. The Bertz CT molecular complexity index is 1590. The van der Waals surface area contributed by atoms with Crippen LogP contribution >= 0.6 is 11.3 Å². The van der Waals surface area contributed by atoms with E-state index in [0.29, 0.717) is 15.3 Å². The zero-order chi connectivity index (χ0) is 30.4. The van der Waals surface area contributed by atoms with E-state index in [4.69, 9.17) is 11.1 Å². The van der Waals surface area contributed by atoms with Crippen LogP contribution in [0.25, 0.3) is 11.1 Å². The summed E-state index contributed by atoms with van der Waals surface area (Å²) >= 11 is 1.19. The first-order chi connectivity index (χ1) is 19.8. The van der Waals surface area contributed by atoms with E-state index in [9.17, 15) is 27.6 Å². The molecule has 3 aromatic rings. The summed E-state index contributed by atoms with van der Waals surface area (Å²) in [5, 5.41) is 12.6. The number of nitrogen functional groups attached to an aromatic ring is 1. The summed E-state index contributed by atoms with van der Waals surface area (Å²) in [5.41, 5.74) is 3.19. The van der Waals surface area contributed by atoms with Crippen molar-refractivity contribution in [1.82, 2.24) is 15.5 Å². The van der Waals surface area contributed by atoms with Gasteiger partial charge in [-0.05, 0) is 42.3 Å². The fourth-order valence-corrected chi connectivity index (χ4v) is 6.19. The summed E-state index contributed by atoms with van der Waals surface area (Å²) in [6.07, 6.45) is -0.566. The fraction of sp³-hybridized carbons (Fsp3) is 0.310. The largest absolute Gasteiger partial charge is 0.383 e. The first kappa shape index (κ1) is 29.2. The molecule has 13 heteroatoms.